The minimum Gasteiger partial charge on any atom is -0.342 e. The van der Waals surface area contributed by atoms with Crippen LogP contribution in [0.2, 0.25) is 0 Å². The van der Waals surface area contributed by atoms with Crippen molar-refractivity contribution in [3.05, 3.63) is 30.1 Å². The molecule has 128 valence electrons. The molecule has 1 atom stereocenters. The Labute approximate surface area is 141 Å². The number of nitrogens with two attached hydrogens (primary N) is 1. The Bertz CT molecular complexity index is 531. The van der Waals surface area contributed by atoms with Gasteiger partial charge in [0.15, 0.2) is 0 Å². The first-order valence-electron chi connectivity index (χ1n) is 7.56. The first-order chi connectivity index (χ1) is 10.5. The Hall–Kier alpha value is -1.66. The second-order valence-electron chi connectivity index (χ2n) is 5.73. The zero-order chi connectivity index (χ0) is 16.1. The average molecular weight is 344 g/mol. The second-order valence-corrected chi connectivity index (χ2v) is 5.73. The highest BCUT2D eigenvalue weighted by atomic mass is 35.5. The summed E-state index contributed by atoms with van der Waals surface area (Å²) in [7, 11) is 0. The summed E-state index contributed by atoms with van der Waals surface area (Å²) in [6.45, 7) is 3.30. The molecule has 0 aliphatic carbocycles. The summed E-state index contributed by atoms with van der Waals surface area (Å²) >= 11 is 0. The molecule has 2 rings (SSSR count). The highest BCUT2D eigenvalue weighted by Crippen LogP contribution is 2.21. The lowest BCUT2D eigenvalue weighted by Gasteiger charge is -2.32. The Morgan fingerprint density at radius 2 is 1.87 bits per heavy atom. The van der Waals surface area contributed by atoms with Gasteiger partial charge in [-0.2, -0.15) is 0 Å². The van der Waals surface area contributed by atoms with Gasteiger partial charge in [-0.15, -0.1) is 12.4 Å². The molecule has 1 aliphatic rings. The second kappa shape index (κ2) is 8.84. The molecule has 0 saturated carbocycles. The van der Waals surface area contributed by atoms with Crippen LogP contribution in [0.15, 0.2) is 24.3 Å². The molecule has 1 aromatic carbocycles. The van der Waals surface area contributed by atoms with Crippen molar-refractivity contribution in [1.82, 2.24) is 4.90 Å². The zero-order valence-electron chi connectivity index (χ0n) is 13.1. The molecule has 2 amide bonds. The SMILES string of the molecule is CC(CN)C(=O)N1CCC(C(=O)Nc2ccc(F)cc2)CC1.Cl. The summed E-state index contributed by atoms with van der Waals surface area (Å²) in [5.41, 5.74) is 6.10. The van der Waals surface area contributed by atoms with Crippen LogP contribution in [0.5, 0.6) is 0 Å². The van der Waals surface area contributed by atoms with Gasteiger partial charge in [0.1, 0.15) is 5.82 Å². The van der Waals surface area contributed by atoms with E-state index in [0.29, 0.717) is 38.2 Å². The van der Waals surface area contributed by atoms with E-state index in [1.165, 1.54) is 24.3 Å². The van der Waals surface area contributed by atoms with E-state index in [1.54, 1.807) is 4.90 Å². The van der Waals surface area contributed by atoms with Crippen molar-refractivity contribution >= 4 is 29.9 Å². The molecule has 0 spiro atoms. The first kappa shape index (κ1) is 19.4. The highest BCUT2D eigenvalue weighted by Gasteiger charge is 2.28. The molecule has 7 heteroatoms. The minimum absolute atomic E-state index is 0. The third-order valence-electron chi connectivity index (χ3n) is 4.06. The Balaban J connectivity index is 0.00000264. The fourth-order valence-electron chi connectivity index (χ4n) is 2.55. The van der Waals surface area contributed by atoms with Gasteiger partial charge in [-0.25, -0.2) is 4.39 Å². The van der Waals surface area contributed by atoms with Crippen LogP contribution in [-0.4, -0.2) is 36.3 Å². The minimum atomic E-state index is -0.334. The van der Waals surface area contributed by atoms with Crippen molar-refractivity contribution in [3.63, 3.8) is 0 Å². The number of benzene rings is 1. The number of rotatable bonds is 4. The molecule has 1 heterocycles. The van der Waals surface area contributed by atoms with Crippen LogP contribution >= 0.6 is 12.4 Å². The largest absolute Gasteiger partial charge is 0.342 e. The van der Waals surface area contributed by atoms with Gasteiger partial charge in [0, 0.05) is 37.2 Å². The number of likely N-dealkylation sites (tertiary alicyclic amines) is 1. The molecular weight excluding hydrogens is 321 g/mol. The molecule has 3 N–H and O–H groups in total. The molecule has 0 bridgehead atoms. The molecule has 5 nitrogen and oxygen atoms in total. The maximum absolute atomic E-state index is 12.8. The predicted molar refractivity (Wildman–Crippen MR) is 89.8 cm³/mol. The molecule has 1 aromatic rings. The molecule has 1 unspecified atom stereocenters. The maximum atomic E-state index is 12.8. The van der Waals surface area contributed by atoms with Gasteiger partial charge < -0.3 is 16.0 Å². The molecule has 0 aromatic heterocycles. The summed E-state index contributed by atoms with van der Waals surface area (Å²) in [4.78, 5) is 26.0. The summed E-state index contributed by atoms with van der Waals surface area (Å²) in [5, 5.41) is 2.79. The molecule has 1 saturated heterocycles. The maximum Gasteiger partial charge on any atom is 0.227 e. The van der Waals surface area contributed by atoms with Crippen molar-refractivity contribution in [1.29, 1.82) is 0 Å². The Morgan fingerprint density at radius 3 is 2.39 bits per heavy atom. The van der Waals surface area contributed by atoms with Crippen LogP contribution in [0.4, 0.5) is 10.1 Å². The van der Waals surface area contributed by atoms with E-state index in [1.807, 2.05) is 6.92 Å². The van der Waals surface area contributed by atoms with Gasteiger partial charge in [-0.05, 0) is 37.1 Å². The predicted octanol–water partition coefficient (Wildman–Crippen LogP) is 2.02. The van der Waals surface area contributed by atoms with E-state index in [0.717, 1.165) is 0 Å². The van der Waals surface area contributed by atoms with E-state index >= 15 is 0 Å². The molecule has 1 fully saturated rings. The number of anilines is 1. The summed E-state index contributed by atoms with van der Waals surface area (Å²) < 4.78 is 12.8. The van der Waals surface area contributed by atoms with E-state index < -0.39 is 0 Å². The van der Waals surface area contributed by atoms with Crippen molar-refractivity contribution < 1.29 is 14.0 Å². The monoisotopic (exact) mass is 343 g/mol. The number of nitrogens with zero attached hydrogens (tertiary/aromatic N) is 1. The Kier molecular flexibility index (Phi) is 7.45. The average Bonchev–Trinajstić information content (AvgIpc) is 2.55. The van der Waals surface area contributed by atoms with Crippen molar-refractivity contribution in [2.24, 2.45) is 17.6 Å². The highest BCUT2D eigenvalue weighted by molar-refractivity contribution is 5.92. The van der Waals surface area contributed by atoms with Crippen molar-refractivity contribution in [3.8, 4) is 0 Å². The fraction of sp³-hybridized carbons (Fsp3) is 0.500. The number of nitrogens with one attached hydrogen (secondary N) is 1. The van der Waals surface area contributed by atoms with Crippen molar-refractivity contribution in [2.45, 2.75) is 19.8 Å². The molecule has 23 heavy (non-hydrogen) atoms. The first-order valence-corrected chi connectivity index (χ1v) is 7.56. The van der Waals surface area contributed by atoms with Gasteiger partial charge in [-0.3, -0.25) is 9.59 Å². The number of carbonyl (C=O) groups is 2. The van der Waals surface area contributed by atoms with E-state index in [4.69, 9.17) is 5.73 Å². The van der Waals surface area contributed by atoms with Crippen LogP contribution in [-0.2, 0) is 9.59 Å². The van der Waals surface area contributed by atoms with Gasteiger partial charge in [0.05, 0.1) is 0 Å². The lowest BCUT2D eigenvalue weighted by atomic mass is 9.95. The lowest BCUT2D eigenvalue weighted by Crippen LogP contribution is -2.44. The van der Waals surface area contributed by atoms with Crippen LogP contribution in [0.3, 0.4) is 0 Å². The third kappa shape index (κ3) is 5.18. The molecular formula is C16H23ClFN3O2. The van der Waals surface area contributed by atoms with Gasteiger partial charge in [0.25, 0.3) is 0 Å². The summed E-state index contributed by atoms with van der Waals surface area (Å²) in [6.07, 6.45) is 1.27. The Morgan fingerprint density at radius 1 is 1.30 bits per heavy atom. The van der Waals surface area contributed by atoms with E-state index in [9.17, 15) is 14.0 Å². The molecule has 0 radical (unpaired) electrons. The number of hydrogen-bond acceptors (Lipinski definition) is 3. The topological polar surface area (TPSA) is 75.4 Å². The summed E-state index contributed by atoms with van der Waals surface area (Å²) in [5.74, 6) is -0.656. The van der Waals surface area contributed by atoms with Gasteiger partial charge in [-0.1, -0.05) is 6.92 Å². The van der Waals surface area contributed by atoms with E-state index in [-0.39, 0.29) is 41.9 Å². The van der Waals surface area contributed by atoms with Crippen LogP contribution in [0.1, 0.15) is 19.8 Å². The van der Waals surface area contributed by atoms with Crippen LogP contribution in [0.25, 0.3) is 0 Å². The standard InChI is InChI=1S/C16H22FN3O2.ClH/c1-11(10-18)16(22)20-8-6-12(7-9-20)15(21)19-14-4-2-13(17)3-5-14;/h2-5,11-12H,6-10,18H2,1H3,(H,19,21);1H. The zero-order valence-corrected chi connectivity index (χ0v) is 13.9. The smallest absolute Gasteiger partial charge is 0.227 e. The fourth-order valence-corrected chi connectivity index (χ4v) is 2.55. The third-order valence-corrected chi connectivity index (χ3v) is 4.06. The van der Waals surface area contributed by atoms with Gasteiger partial charge >= 0.3 is 0 Å². The normalized spacial score (nSPS) is 16.4. The van der Waals surface area contributed by atoms with Crippen LogP contribution < -0.4 is 11.1 Å². The van der Waals surface area contributed by atoms with Crippen molar-refractivity contribution in [2.75, 3.05) is 25.0 Å². The number of amides is 2. The molecule has 1 aliphatic heterocycles. The number of carbonyl (C=O) groups excluding carboxylic acids is 2. The van der Waals surface area contributed by atoms with E-state index in [2.05, 4.69) is 5.32 Å². The number of halogens is 2. The summed E-state index contributed by atoms with van der Waals surface area (Å²) in [6, 6.07) is 5.69. The lowest BCUT2D eigenvalue weighted by molar-refractivity contribution is -0.137. The number of piperidine rings is 1. The van der Waals surface area contributed by atoms with Gasteiger partial charge in [0.2, 0.25) is 11.8 Å². The quantitative estimate of drug-likeness (QED) is 0.878. The van der Waals surface area contributed by atoms with Crippen LogP contribution in [0, 0.1) is 17.7 Å². The number of hydrogen-bond donors (Lipinski definition) is 2.